The lowest BCUT2D eigenvalue weighted by Crippen LogP contribution is -2.09. The van der Waals surface area contributed by atoms with Crippen molar-refractivity contribution in [2.45, 2.75) is 19.9 Å². The maximum absolute atomic E-state index is 11.0. The van der Waals surface area contributed by atoms with Crippen molar-refractivity contribution < 1.29 is 9.90 Å². The predicted molar refractivity (Wildman–Crippen MR) is 59.5 cm³/mol. The third kappa shape index (κ3) is 1.55. The van der Waals surface area contributed by atoms with Crippen LogP contribution in [-0.2, 0) is 0 Å². The fourth-order valence-corrected chi connectivity index (χ4v) is 1.69. The van der Waals surface area contributed by atoms with Crippen molar-refractivity contribution in [1.82, 2.24) is 9.38 Å². The van der Waals surface area contributed by atoms with E-state index in [2.05, 4.69) is 4.98 Å². The lowest BCUT2D eigenvalue weighted by atomic mass is 10.2. The van der Waals surface area contributed by atoms with E-state index in [4.69, 9.17) is 10.8 Å². The number of carbonyl (C=O) groups is 1. The molecule has 0 fully saturated rings. The van der Waals surface area contributed by atoms with Gasteiger partial charge in [-0.3, -0.25) is 0 Å². The number of hydrogen-bond donors (Lipinski definition) is 2. The summed E-state index contributed by atoms with van der Waals surface area (Å²) < 4.78 is 1.74. The Bertz CT molecular complexity index is 558. The molecular formula is C11H13N3O2. The molecule has 2 rings (SSSR count). The molecule has 5 heteroatoms. The maximum Gasteiger partial charge on any atom is 0.356 e. The number of carboxylic acid groups (broad SMARTS) is 1. The number of pyridine rings is 1. The highest BCUT2D eigenvalue weighted by molar-refractivity contribution is 5.93. The Kier molecular flexibility index (Phi) is 2.40. The number of fused-ring (bicyclic) bond motifs is 1. The van der Waals surface area contributed by atoms with Crippen molar-refractivity contribution in [3.63, 3.8) is 0 Å². The average molecular weight is 219 g/mol. The van der Waals surface area contributed by atoms with Crippen molar-refractivity contribution in [1.29, 1.82) is 0 Å². The minimum Gasteiger partial charge on any atom is -0.476 e. The molecule has 0 saturated carbocycles. The molecule has 3 N–H and O–H groups in total. The van der Waals surface area contributed by atoms with Gasteiger partial charge in [-0.15, -0.1) is 0 Å². The van der Waals surface area contributed by atoms with Gasteiger partial charge in [0.15, 0.2) is 5.69 Å². The molecule has 0 spiro atoms. The smallest absolute Gasteiger partial charge is 0.356 e. The van der Waals surface area contributed by atoms with Crippen LogP contribution in [0, 0.1) is 6.92 Å². The van der Waals surface area contributed by atoms with E-state index in [1.165, 1.54) is 0 Å². The first kappa shape index (κ1) is 10.6. The van der Waals surface area contributed by atoms with Crippen LogP contribution in [0.5, 0.6) is 0 Å². The zero-order chi connectivity index (χ0) is 11.9. The molecule has 0 aliphatic carbocycles. The average Bonchev–Trinajstić information content (AvgIpc) is 2.56. The van der Waals surface area contributed by atoms with Crippen molar-refractivity contribution in [3.05, 3.63) is 35.4 Å². The number of nitrogens with two attached hydrogens (primary N) is 1. The van der Waals surface area contributed by atoms with Crippen LogP contribution in [0.2, 0.25) is 0 Å². The molecule has 1 unspecified atom stereocenters. The van der Waals surface area contributed by atoms with Crippen LogP contribution in [0.4, 0.5) is 0 Å². The summed E-state index contributed by atoms with van der Waals surface area (Å²) in [5.74, 6) is -0.468. The highest BCUT2D eigenvalue weighted by Gasteiger charge is 2.18. The SMILES string of the molecule is Cc1ccc2c(C(=O)O)nc(C(C)N)n2c1. The summed E-state index contributed by atoms with van der Waals surface area (Å²) in [4.78, 5) is 15.1. The summed E-state index contributed by atoms with van der Waals surface area (Å²) in [5.41, 5.74) is 7.42. The minimum atomic E-state index is -1.03. The predicted octanol–water partition coefficient (Wildman–Crippen LogP) is 1.36. The van der Waals surface area contributed by atoms with Gasteiger partial charge in [-0.05, 0) is 25.5 Å². The summed E-state index contributed by atoms with van der Waals surface area (Å²) in [7, 11) is 0. The van der Waals surface area contributed by atoms with Gasteiger partial charge < -0.3 is 15.2 Å². The van der Waals surface area contributed by atoms with E-state index >= 15 is 0 Å². The molecule has 0 radical (unpaired) electrons. The quantitative estimate of drug-likeness (QED) is 0.799. The van der Waals surface area contributed by atoms with E-state index in [1.54, 1.807) is 17.4 Å². The standard InChI is InChI=1S/C11H13N3O2/c1-6-3-4-8-9(11(15)16)13-10(7(2)12)14(8)5-6/h3-5,7H,12H2,1-2H3,(H,15,16). The Balaban J connectivity index is 2.81. The number of aromatic nitrogens is 2. The molecule has 1 atom stereocenters. The minimum absolute atomic E-state index is 0.0484. The Labute approximate surface area is 92.5 Å². The zero-order valence-corrected chi connectivity index (χ0v) is 9.14. The van der Waals surface area contributed by atoms with Crippen LogP contribution in [0.3, 0.4) is 0 Å². The van der Waals surface area contributed by atoms with Crippen LogP contribution in [0.15, 0.2) is 18.3 Å². The van der Waals surface area contributed by atoms with Crippen LogP contribution in [0.25, 0.3) is 5.52 Å². The van der Waals surface area contributed by atoms with Gasteiger partial charge in [-0.1, -0.05) is 6.07 Å². The number of rotatable bonds is 2. The van der Waals surface area contributed by atoms with Crippen LogP contribution >= 0.6 is 0 Å². The Morgan fingerprint density at radius 2 is 2.25 bits per heavy atom. The summed E-state index contributed by atoms with van der Waals surface area (Å²) >= 11 is 0. The molecule has 84 valence electrons. The molecule has 5 nitrogen and oxygen atoms in total. The van der Waals surface area contributed by atoms with E-state index in [0.29, 0.717) is 11.3 Å². The topological polar surface area (TPSA) is 80.6 Å². The molecule has 0 saturated heterocycles. The third-order valence-electron chi connectivity index (χ3n) is 2.42. The molecule has 2 aromatic rings. The second-order valence-corrected chi connectivity index (χ2v) is 3.87. The lowest BCUT2D eigenvalue weighted by Gasteiger charge is -2.04. The lowest BCUT2D eigenvalue weighted by molar-refractivity contribution is 0.0693. The fraction of sp³-hybridized carbons (Fsp3) is 0.273. The summed E-state index contributed by atoms with van der Waals surface area (Å²) in [6, 6.07) is 3.30. The van der Waals surface area contributed by atoms with Gasteiger partial charge in [-0.2, -0.15) is 0 Å². The number of hydrogen-bond acceptors (Lipinski definition) is 3. The monoisotopic (exact) mass is 219 g/mol. The Morgan fingerprint density at radius 3 is 2.81 bits per heavy atom. The number of imidazole rings is 1. The van der Waals surface area contributed by atoms with E-state index in [9.17, 15) is 4.79 Å². The third-order valence-corrected chi connectivity index (χ3v) is 2.42. The molecule has 0 aliphatic rings. The summed E-state index contributed by atoms with van der Waals surface area (Å²) in [6.45, 7) is 3.72. The Morgan fingerprint density at radius 1 is 1.56 bits per heavy atom. The van der Waals surface area contributed by atoms with Crippen LogP contribution in [-0.4, -0.2) is 20.5 Å². The van der Waals surface area contributed by atoms with Crippen LogP contribution < -0.4 is 5.73 Å². The highest BCUT2D eigenvalue weighted by atomic mass is 16.4. The molecule has 0 aromatic carbocycles. The van der Waals surface area contributed by atoms with Gasteiger partial charge in [0, 0.05) is 6.20 Å². The second kappa shape index (κ2) is 3.61. The van der Waals surface area contributed by atoms with Gasteiger partial charge >= 0.3 is 5.97 Å². The van der Waals surface area contributed by atoms with Gasteiger partial charge in [0.2, 0.25) is 0 Å². The largest absolute Gasteiger partial charge is 0.476 e. The number of aromatic carboxylic acids is 1. The summed E-state index contributed by atoms with van der Waals surface area (Å²) in [5, 5.41) is 9.03. The van der Waals surface area contributed by atoms with Crippen molar-refractivity contribution >= 4 is 11.5 Å². The molecule has 2 aromatic heterocycles. The van der Waals surface area contributed by atoms with Crippen molar-refractivity contribution in [2.75, 3.05) is 0 Å². The molecule has 16 heavy (non-hydrogen) atoms. The van der Waals surface area contributed by atoms with Gasteiger partial charge in [0.1, 0.15) is 5.82 Å². The fourth-order valence-electron chi connectivity index (χ4n) is 1.69. The molecule has 0 bridgehead atoms. The number of carboxylic acids is 1. The molecule has 0 amide bonds. The van der Waals surface area contributed by atoms with Gasteiger partial charge in [0.25, 0.3) is 0 Å². The molecule has 2 heterocycles. The Hall–Kier alpha value is -1.88. The maximum atomic E-state index is 11.0. The van der Waals surface area contributed by atoms with Crippen LogP contribution in [0.1, 0.15) is 34.8 Å². The highest BCUT2D eigenvalue weighted by Crippen LogP contribution is 2.18. The van der Waals surface area contributed by atoms with E-state index in [0.717, 1.165) is 5.56 Å². The molecule has 0 aliphatic heterocycles. The van der Waals surface area contributed by atoms with Crippen molar-refractivity contribution in [3.8, 4) is 0 Å². The number of aryl methyl sites for hydroxylation is 1. The first-order valence-electron chi connectivity index (χ1n) is 4.98. The second-order valence-electron chi connectivity index (χ2n) is 3.87. The normalized spacial score (nSPS) is 12.9. The first-order chi connectivity index (χ1) is 7.50. The van der Waals surface area contributed by atoms with Gasteiger partial charge in [-0.25, -0.2) is 9.78 Å². The molecular weight excluding hydrogens is 206 g/mol. The van der Waals surface area contributed by atoms with E-state index < -0.39 is 5.97 Å². The van der Waals surface area contributed by atoms with Crippen molar-refractivity contribution in [2.24, 2.45) is 5.73 Å². The number of nitrogens with zero attached hydrogens (tertiary/aromatic N) is 2. The van der Waals surface area contributed by atoms with Gasteiger partial charge in [0.05, 0.1) is 11.6 Å². The first-order valence-corrected chi connectivity index (χ1v) is 4.98. The van der Waals surface area contributed by atoms with E-state index in [1.807, 2.05) is 19.2 Å². The summed E-state index contributed by atoms with van der Waals surface area (Å²) in [6.07, 6.45) is 1.84. The van der Waals surface area contributed by atoms with E-state index in [-0.39, 0.29) is 11.7 Å². The zero-order valence-electron chi connectivity index (χ0n) is 9.14.